The van der Waals surface area contributed by atoms with Crippen LogP contribution >= 0.6 is 0 Å². The Morgan fingerprint density at radius 2 is 2.12 bits per heavy atom. The number of carbonyl (C=O) groups excluding carboxylic acids is 2. The summed E-state index contributed by atoms with van der Waals surface area (Å²) in [6, 6.07) is 4.42. The number of aldehydes is 1. The first-order chi connectivity index (χ1) is 7.95. The Bertz CT molecular complexity index is 389. The minimum absolute atomic E-state index is 0.0207. The second-order valence-electron chi connectivity index (χ2n) is 3.48. The zero-order chi connectivity index (χ0) is 12.9. The maximum atomic E-state index is 12.5. The van der Waals surface area contributed by atoms with Crippen molar-refractivity contribution in [3.05, 3.63) is 30.1 Å². The summed E-state index contributed by atoms with van der Waals surface area (Å²) in [6.07, 6.45) is -4.51. The molecule has 17 heavy (non-hydrogen) atoms. The summed E-state index contributed by atoms with van der Waals surface area (Å²) in [5, 5.41) is 0. The van der Waals surface area contributed by atoms with Gasteiger partial charge in [-0.3, -0.25) is 9.78 Å². The molecule has 1 aromatic rings. The van der Waals surface area contributed by atoms with Gasteiger partial charge in [0, 0.05) is 19.0 Å². The molecular formula is C11H10F3NO2. The number of rotatable bonds is 5. The van der Waals surface area contributed by atoms with Crippen LogP contribution in [0.2, 0.25) is 0 Å². The number of hydrogen-bond acceptors (Lipinski definition) is 3. The Hall–Kier alpha value is -1.72. The van der Waals surface area contributed by atoms with Gasteiger partial charge in [0.15, 0.2) is 5.78 Å². The molecular weight excluding hydrogens is 235 g/mol. The third-order valence-corrected chi connectivity index (χ3v) is 2.23. The summed E-state index contributed by atoms with van der Waals surface area (Å²) in [5.41, 5.74) is -0.0207. The smallest absolute Gasteiger partial charge is 0.303 e. The van der Waals surface area contributed by atoms with Crippen molar-refractivity contribution in [3.63, 3.8) is 0 Å². The predicted octanol–water partition coefficient (Wildman–Crippen LogP) is 2.42. The lowest BCUT2D eigenvalue weighted by Crippen LogP contribution is -2.26. The summed E-state index contributed by atoms with van der Waals surface area (Å²) < 4.78 is 37.4. The minimum Gasteiger partial charge on any atom is -0.303 e. The van der Waals surface area contributed by atoms with E-state index in [1.54, 1.807) is 6.07 Å². The van der Waals surface area contributed by atoms with Crippen LogP contribution < -0.4 is 0 Å². The van der Waals surface area contributed by atoms with Crippen molar-refractivity contribution in [2.24, 2.45) is 5.92 Å². The molecule has 0 N–H and O–H groups in total. The average molecular weight is 245 g/mol. The van der Waals surface area contributed by atoms with Gasteiger partial charge in [0.2, 0.25) is 0 Å². The van der Waals surface area contributed by atoms with E-state index in [9.17, 15) is 22.8 Å². The van der Waals surface area contributed by atoms with Crippen molar-refractivity contribution in [1.29, 1.82) is 0 Å². The highest BCUT2D eigenvalue weighted by molar-refractivity contribution is 5.94. The van der Waals surface area contributed by atoms with E-state index in [4.69, 9.17) is 0 Å². The van der Waals surface area contributed by atoms with Crippen LogP contribution in [0.5, 0.6) is 0 Å². The fraction of sp³-hybridized carbons (Fsp3) is 0.364. The fourth-order valence-corrected chi connectivity index (χ4v) is 1.30. The van der Waals surface area contributed by atoms with E-state index in [1.165, 1.54) is 18.3 Å². The van der Waals surface area contributed by atoms with E-state index in [2.05, 4.69) is 4.98 Å². The van der Waals surface area contributed by atoms with Crippen molar-refractivity contribution < 1.29 is 22.8 Å². The first kappa shape index (κ1) is 13.3. The molecule has 0 aliphatic carbocycles. The number of pyridine rings is 1. The Labute approximate surface area is 95.7 Å². The Balaban J connectivity index is 2.75. The number of aromatic nitrogens is 1. The molecule has 0 spiro atoms. The molecule has 1 heterocycles. The number of ketones is 1. The van der Waals surface area contributed by atoms with Crippen molar-refractivity contribution >= 4 is 12.1 Å². The van der Waals surface area contributed by atoms with Crippen LogP contribution in [0, 0.1) is 5.92 Å². The molecule has 1 atom stereocenters. The molecule has 1 rings (SSSR count). The van der Waals surface area contributed by atoms with Crippen LogP contribution in [-0.4, -0.2) is 23.2 Å². The van der Waals surface area contributed by atoms with Gasteiger partial charge >= 0.3 is 6.18 Å². The standard InChI is InChI=1S/C11H10F3NO2/c12-11(13,14)8(4-6-16)7-10(17)9-3-1-2-5-15-9/h1-3,5-6,8H,4,7H2/t8-/m1/s1. The van der Waals surface area contributed by atoms with Gasteiger partial charge in [-0.1, -0.05) is 6.07 Å². The second kappa shape index (κ2) is 5.56. The van der Waals surface area contributed by atoms with E-state index < -0.39 is 30.7 Å². The Morgan fingerprint density at radius 3 is 2.59 bits per heavy atom. The van der Waals surface area contributed by atoms with Gasteiger partial charge in [0.05, 0.1) is 5.92 Å². The minimum atomic E-state index is -4.55. The van der Waals surface area contributed by atoms with E-state index in [1.807, 2.05) is 0 Å². The highest BCUT2D eigenvalue weighted by Crippen LogP contribution is 2.31. The van der Waals surface area contributed by atoms with Crippen LogP contribution in [0.4, 0.5) is 13.2 Å². The number of carbonyl (C=O) groups is 2. The maximum absolute atomic E-state index is 12.5. The lowest BCUT2D eigenvalue weighted by Gasteiger charge is -2.16. The Kier molecular flexibility index (Phi) is 4.37. The third-order valence-electron chi connectivity index (χ3n) is 2.23. The molecule has 0 saturated carbocycles. The number of Topliss-reactive ketones (excluding diaryl/α,β-unsaturated/α-hetero) is 1. The molecule has 0 amide bonds. The third kappa shape index (κ3) is 3.97. The molecule has 0 fully saturated rings. The molecule has 0 aromatic carbocycles. The van der Waals surface area contributed by atoms with Crippen molar-refractivity contribution in [3.8, 4) is 0 Å². The predicted molar refractivity (Wildman–Crippen MR) is 53.4 cm³/mol. The molecule has 3 nitrogen and oxygen atoms in total. The van der Waals surface area contributed by atoms with Crippen LogP contribution in [-0.2, 0) is 4.79 Å². The van der Waals surface area contributed by atoms with E-state index in [0.29, 0.717) is 0 Å². The zero-order valence-electron chi connectivity index (χ0n) is 8.78. The zero-order valence-corrected chi connectivity index (χ0v) is 8.78. The van der Waals surface area contributed by atoms with Gasteiger partial charge in [-0.15, -0.1) is 0 Å². The van der Waals surface area contributed by atoms with E-state index >= 15 is 0 Å². The number of hydrogen-bond donors (Lipinski definition) is 0. The quantitative estimate of drug-likeness (QED) is 0.591. The van der Waals surface area contributed by atoms with Crippen LogP contribution in [0.15, 0.2) is 24.4 Å². The van der Waals surface area contributed by atoms with Crippen molar-refractivity contribution in [2.45, 2.75) is 19.0 Å². The monoisotopic (exact) mass is 245 g/mol. The van der Waals surface area contributed by atoms with E-state index in [-0.39, 0.29) is 12.0 Å². The second-order valence-corrected chi connectivity index (χ2v) is 3.48. The molecule has 0 aliphatic rings. The number of halogens is 3. The van der Waals surface area contributed by atoms with Crippen LogP contribution in [0.1, 0.15) is 23.3 Å². The molecule has 0 saturated heterocycles. The molecule has 0 bridgehead atoms. The summed E-state index contributed by atoms with van der Waals surface area (Å²) in [7, 11) is 0. The molecule has 1 aromatic heterocycles. The number of nitrogens with zero attached hydrogens (tertiary/aromatic N) is 1. The molecule has 0 aliphatic heterocycles. The van der Waals surface area contributed by atoms with Gasteiger partial charge in [0.25, 0.3) is 0 Å². The lowest BCUT2D eigenvalue weighted by atomic mass is 9.97. The van der Waals surface area contributed by atoms with Gasteiger partial charge in [-0.2, -0.15) is 13.2 Å². The first-order valence-corrected chi connectivity index (χ1v) is 4.89. The average Bonchev–Trinajstić information content (AvgIpc) is 2.28. The Morgan fingerprint density at radius 1 is 1.41 bits per heavy atom. The van der Waals surface area contributed by atoms with Gasteiger partial charge in [0.1, 0.15) is 12.0 Å². The van der Waals surface area contributed by atoms with Gasteiger partial charge in [-0.25, -0.2) is 0 Å². The SMILES string of the molecule is O=CC[C@H](CC(=O)c1ccccn1)C(F)(F)F. The van der Waals surface area contributed by atoms with Crippen molar-refractivity contribution in [2.75, 3.05) is 0 Å². The summed E-state index contributed by atoms with van der Waals surface area (Å²) in [5.74, 6) is -2.65. The van der Waals surface area contributed by atoms with Crippen LogP contribution in [0.3, 0.4) is 0 Å². The summed E-state index contributed by atoms with van der Waals surface area (Å²) in [6.45, 7) is 0. The number of alkyl halides is 3. The first-order valence-electron chi connectivity index (χ1n) is 4.89. The highest BCUT2D eigenvalue weighted by atomic mass is 19.4. The fourth-order valence-electron chi connectivity index (χ4n) is 1.30. The van der Waals surface area contributed by atoms with Crippen LogP contribution in [0.25, 0.3) is 0 Å². The molecule has 0 radical (unpaired) electrons. The highest BCUT2D eigenvalue weighted by Gasteiger charge is 2.40. The summed E-state index contributed by atoms with van der Waals surface area (Å²) in [4.78, 5) is 25.3. The van der Waals surface area contributed by atoms with Crippen molar-refractivity contribution in [1.82, 2.24) is 4.98 Å². The molecule has 0 unspecified atom stereocenters. The summed E-state index contributed by atoms with van der Waals surface area (Å²) >= 11 is 0. The normalized spacial score (nSPS) is 13.1. The molecule has 92 valence electrons. The van der Waals surface area contributed by atoms with Gasteiger partial charge in [-0.05, 0) is 12.1 Å². The van der Waals surface area contributed by atoms with E-state index in [0.717, 1.165) is 0 Å². The molecule has 6 heteroatoms. The largest absolute Gasteiger partial charge is 0.392 e. The lowest BCUT2D eigenvalue weighted by molar-refractivity contribution is -0.175. The van der Waals surface area contributed by atoms with Gasteiger partial charge < -0.3 is 4.79 Å². The topological polar surface area (TPSA) is 47.0 Å². The maximum Gasteiger partial charge on any atom is 0.392 e.